The van der Waals surface area contributed by atoms with E-state index in [1.54, 1.807) is 0 Å². The van der Waals surface area contributed by atoms with Crippen LogP contribution in [-0.2, 0) is 30.9 Å². The summed E-state index contributed by atoms with van der Waals surface area (Å²) in [6.45, 7) is 0. The van der Waals surface area contributed by atoms with Crippen LogP contribution in [0.15, 0.2) is 0 Å². The summed E-state index contributed by atoms with van der Waals surface area (Å²) in [6.07, 6.45) is -2.29. The Labute approximate surface area is 105 Å². The van der Waals surface area contributed by atoms with Crippen LogP contribution < -0.4 is 0 Å². The maximum Gasteiger partial charge on any atom is 0.336 e. The van der Waals surface area contributed by atoms with Gasteiger partial charge in [0, 0.05) is 16.5 Å². The Morgan fingerprint density at radius 3 is 1.33 bits per heavy atom. The summed E-state index contributed by atoms with van der Waals surface area (Å²) in [5.74, 6) is -5.02. The van der Waals surface area contributed by atoms with Crippen LogP contribution in [0.3, 0.4) is 0 Å². The molecular formula is C6H11AlNiO7. The summed E-state index contributed by atoms with van der Waals surface area (Å²) < 4.78 is 0. The Morgan fingerprint density at radius 1 is 0.933 bits per heavy atom. The molecule has 15 heavy (non-hydrogen) atoms. The van der Waals surface area contributed by atoms with Crippen LogP contribution in [0.2, 0.25) is 0 Å². The van der Waals surface area contributed by atoms with Crippen molar-refractivity contribution in [2.75, 3.05) is 0 Å². The van der Waals surface area contributed by atoms with Gasteiger partial charge in [0.25, 0.3) is 0 Å². The molecule has 0 amide bonds. The number of aliphatic carboxylic acids is 3. The summed E-state index contributed by atoms with van der Waals surface area (Å²) in [6, 6.07) is 0. The fourth-order valence-electron chi connectivity index (χ4n) is 0.714. The molecule has 0 aromatic heterocycles. The van der Waals surface area contributed by atoms with Gasteiger partial charge in [-0.15, -0.1) is 0 Å². The quantitative estimate of drug-likeness (QED) is 0.412. The summed E-state index contributed by atoms with van der Waals surface area (Å²) in [7, 11) is 0. The van der Waals surface area contributed by atoms with Gasteiger partial charge >= 0.3 is 17.9 Å². The number of hydrogen-bond acceptors (Lipinski definition) is 4. The van der Waals surface area contributed by atoms with Crippen molar-refractivity contribution in [3.8, 4) is 0 Å². The average Bonchev–Trinajstić information content (AvgIpc) is 1.82. The Morgan fingerprint density at radius 2 is 1.20 bits per heavy atom. The Bertz CT molecular complexity index is 238. The van der Waals surface area contributed by atoms with E-state index in [1.807, 2.05) is 0 Å². The van der Waals surface area contributed by atoms with Crippen LogP contribution in [0.25, 0.3) is 0 Å². The number of hydrogen-bond donors (Lipinski definition) is 4. The van der Waals surface area contributed by atoms with Crippen LogP contribution >= 0.6 is 0 Å². The molecule has 0 rings (SSSR count). The zero-order valence-corrected chi connectivity index (χ0v) is 7.73. The molecule has 0 aliphatic rings. The third kappa shape index (κ3) is 7.34. The number of carbonyl (C=O) groups is 3. The van der Waals surface area contributed by atoms with Crippen LogP contribution in [0.1, 0.15) is 12.8 Å². The molecule has 0 unspecified atom stereocenters. The number of carboxylic acids is 3. The molecule has 0 bridgehead atoms. The van der Waals surface area contributed by atoms with Crippen LogP contribution in [0.4, 0.5) is 0 Å². The fourth-order valence-corrected chi connectivity index (χ4v) is 0.714. The van der Waals surface area contributed by atoms with E-state index in [0.29, 0.717) is 0 Å². The first kappa shape index (κ1) is 19.9. The van der Waals surface area contributed by atoms with Crippen molar-refractivity contribution in [2.24, 2.45) is 0 Å². The minimum atomic E-state index is -2.74. The van der Waals surface area contributed by atoms with Crippen molar-refractivity contribution in [1.82, 2.24) is 0 Å². The van der Waals surface area contributed by atoms with Crippen molar-refractivity contribution in [1.29, 1.82) is 0 Å². The summed E-state index contributed by atoms with van der Waals surface area (Å²) in [4.78, 5) is 30.5. The van der Waals surface area contributed by atoms with Gasteiger partial charge in [0.15, 0.2) is 23.0 Å². The van der Waals surface area contributed by atoms with E-state index in [9.17, 15) is 14.4 Å². The molecule has 0 saturated carbocycles. The van der Waals surface area contributed by atoms with Crippen LogP contribution in [-0.4, -0.2) is 61.3 Å². The predicted molar refractivity (Wildman–Crippen MR) is 47.0 cm³/mol. The maximum atomic E-state index is 10.3. The molecule has 0 radical (unpaired) electrons. The van der Waals surface area contributed by atoms with Gasteiger partial charge in [0.1, 0.15) is 0 Å². The van der Waals surface area contributed by atoms with Gasteiger partial charge in [-0.05, 0) is 0 Å². The molecule has 0 aliphatic carbocycles. The molecule has 0 aliphatic heterocycles. The molecule has 0 saturated heterocycles. The SMILES string of the molecule is O=C(O)CC(O)(CC(=O)O)C(=O)O.[AlH3].[Ni]. The van der Waals surface area contributed by atoms with Gasteiger partial charge in [0.05, 0.1) is 12.8 Å². The first-order valence-corrected chi connectivity index (χ1v) is 3.17. The van der Waals surface area contributed by atoms with Gasteiger partial charge in [-0.1, -0.05) is 0 Å². The first-order valence-electron chi connectivity index (χ1n) is 3.17. The molecule has 0 heterocycles. The second-order valence-electron chi connectivity index (χ2n) is 2.48. The topological polar surface area (TPSA) is 132 Å². The van der Waals surface area contributed by atoms with E-state index < -0.39 is 36.4 Å². The summed E-state index contributed by atoms with van der Waals surface area (Å²) in [5, 5.41) is 33.8. The van der Waals surface area contributed by atoms with Crippen LogP contribution in [0.5, 0.6) is 0 Å². The largest absolute Gasteiger partial charge is 0.481 e. The van der Waals surface area contributed by atoms with Gasteiger partial charge in [-0.2, -0.15) is 0 Å². The van der Waals surface area contributed by atoms with Crippen LogP contribution in [0, 0.1) is 0 Å². The Kier molecular flexibility index (Phi) is 10.2. The van der Waals surface area contributed by atoms with Crippen molar-refractivity contribution in [2.45, 2.75) is 18.4 Å². The standard InChI is InChI=1S/C6H8O7.Al.Ni.3H/c7-3(8)1-6(13,5(11)12)2-4(9)10;;;;;/h13H,1-2H2,(H,7,8)(H,9,10)(H,11,12);;;;;. The van der Waals surface area contributed by atoms with E-state index in [1.165, 1.54) is 0 Å². The van der Waals surface area contributed by atoms with Crippen molar-refractivity contribution >= 4 is 35.3 Å². The monoisotopic (exact) mass is 280 g/mol. The van der Waals surface area contributed by atoms with E-state index in [-0.39, 0.29) is 33.9 Å². The van der Waals surface area contributed by atoms with Gasteiger partial charge in [-0.25, -0.2) is 4.79 Å². The van der Waals surface area contributed by atoms with E-state index >= 15 is 0 Å². The molecule has 0 aromatic rings. The first-order chi connectivity index (χ1) is 5.78. The molecule has 4 N–H and O–H groups in total. The minimum absolute atomic E-state index is 0. The molecule has 9 heteroatoms. The van der Waals surface area contributed by atoms with E-state index in [2.05, 4.69) is 0 Å². The smallest absolute Gasteiger partial charge is 0.336 e. The number of rotatable bonds is 5. The molecule has 7 nitrogen and oxygen atoms in total. The van der Waals surface area contributed by atoms with E-state index in [0.717, 1.165) is 0 Å². The third-order valence-corrected chi connectivity index (χ3v) is 1.29. The number of aliphatic hydroxyl groups is 1. The molecule has 0 atom stereocenters. The van der Waals surface area contributed by atoms with Gasteiger partial charge in [-0.3, -0.25) is 9.59 Å². The molecule has 90 valence electrons. The van der Waals surface area contributed by atoms with E-state index in [4.69, 9.17) is 20.4 Å². The predicted octanol–water partition coefficient (Wildman–Crippen LogP) is -2.43. The number of carboxylic acid groups (broad SMARTS) is 3. The van der Waals surface area contributed by atoms with Crippen molar-refractivity contribution in [3.05, 3.63) is 0 Å². The molecule has 0 fully saturated rings. The summed E-state index contributed by atoms with van der Waals surface area (Å²) in [5.41, 5.74) is -2.74. The zero-order chi connectivity index (χ0) is 10.6. The summed E-state index contributed by atoms with van der Waals surface area (Å²) >= 11 is 0. The molecular weight excluding hydrogens is 270 g/mol. The maximum absolute atomic E-state index is 10.3. The third-order valence-electron chi connectivity index (χ3n) is 1.29. The van der Waals surface area contributed by atoms with Gasteiger partial charge < -0.3 is 20.4 Å². The molecule has 0 aromatic carbocycles. The second-order valence-corrected chi connectivity index (χ2v) is 2.48. The minimum Gasteiger partial charge on any atom is -0.481 e. The van der Waals surface area contributed by atoms with Gasteiger partial charge in [0.2, 0.25) is 0 Å². The van der Waals surface area contributed by atoms with Crippen molar-refractivity contribution in [3.63, 3.8) is 0 Å². The second kappa shape index (κ2) is 7.66. The Balaban J connectivity index is -0.000000720. The zero-order valence-electron chi connectivity index (χ0n) is 6.74. The molecule has 0 spiro atoms. The normalized spacial score (nSPS) is 9.40. The fraction of sp³-hybridized carbons (Fsp3) is 0.500. The average molecular weight is 281 g/mol. The van der Waals surface area contributed by atoms with Crippen molar-refractivity contribution < 1.29 is 51.3 Å². The Hall–Kier alpha value is -0.604.